The van der Waals surface area contributed by atoms with Crippen molar-refractivity contribution in [3.05, 3.63) is 65.5 Å². The summed E-state index contributed by atoms with van der Waals surface area (Å²) in [6, 6.07) is 13.3. The minimum absolute atomic E-state index is 0.236. The minimum atomic E-state index is -0.356. The number of ether oxygens (including phenoxy) is 1. The van der Waals surface area contributed by atoms with Crippen LogP contribution in [0.15, 0.2) is 48.5 Å². The monoisotopic (exact) mass is 287 g/mol. The van der Waals surface area contributed by atoms with Gasteiger partial charge in [0.2, 0.25) is 0 Å². The van der Waals surface area contributed by atoms with Crippen molar-refractivity contribution in [1.29, 1.82) is 0 Å². The number of halogens is 1. The molecule has 0 aliphatic carbocycles. The predicted octanol–water partition coefficient (Wildman–Crippen LogP) is 3.20. The lowest BCUT2D eigenvalue weighted by Crippen LogP contribution is -2.28. The van der Waals surface area contributed by atoms with Crippen molar-refractivity contribution in [2.45, 2.75) is 13.3 Å². The summed E-state index contributed by atoms with van der Waals surface area (Å²) in [5.41, 5.74) is 1.69. The fourth-order valence-electron chi connectivity index (χ4n) is 1.86. The Hall–Kier alpha value is -2.36. The lowest BCUT2D eigenvalue weighted by atomic mass is 10.2. The van der Waals surface area contributed by atoms with Crippen molar-refractivity contribution in [1.82, 2.24) is 5.32 Å². The van der Waals surface area contributed by atoms with Gasteiger partial charge in [-0.05, 0) is 48.4 Å². The third-order valence-corrected chi connectivity index (χ3v) is 3.09. The average molecular weight is 287 g/mol. The smallest absolute Gasteiger partial charge is 0.251 e. The highest BCUT2D eigenvalue weighted by Crippen LogP contribution is 2.12. The van der Waals surface area contributed by atoms with Crippen molar-refractivity contribution in [3.8, 4) is 5.75 Å². The maximum absolute atomic E-state index is 12.7. The van der Waals surface area contributed by atoms with Crippen LogP contribution in [0.1, 0.15) is 22.8 Å². The summed E-state index contributed by atoms with van der Waals surface area (Å²) in [6.07, 6.45) is 0.994. The van der Waals surface area contributed by atoms with Crippen LogP contribution in [-0.2, 0) is 6.42 Å². The number of amides is 1. The number of benzene rings is 2. The van der Waals surface area contributed by atoms with Crippen molar-refractivity contribution < 1.29 is 13.9 Å². The number of aryl methyl sites for hydroxylation is 1. The molecular weight excluding hydrogens is 269 g/mol. The fourth-order valence-corrected chi connectivity index (χ4v) is 1.86. The maximum atomic E-state index is 12.7. The highest BCUT2D eigenvalue weighted by atomic mass is 19.1. The van der Waals surface area contributed by atoms with Gasteiger partial charge in [0.05, 0.1) is 6.54 Å². The molecule has 0 heterocycles. The molecule has 2 rings (SSSR count). The summed E-state index contributed by atoms with van der Waals surface area (Å²) in [5, 5.41) is 2.72. The third kappa shape index (κ3) is 4.60. The normalized spacial score (nSPS) is 10.2. The SMILES string of the molecule is CCc1ccc(OCCNC(=O)c2ccc(F)cc2)cc1. The third-order valence-electron chi connectivity index (χ3n) is 3.09. The number of hydrogen-bond donors (Lipinski definition) is 1. The van der Waals surface area contributed by atoms with E-state index in [4.69, 9.17) is 4.74 Å². The predicted molar refractivity (Wildman–Crippen MR) is 80.0 cm³/mol. The molecule has 0 unspecified atom stereocenters. The Balaban J connectivity index is 1.73. The first-order chi connectivity index (χ1) is 10.2. The van der Waals surface area contributed by atoms with Crippen molar-refractivity contribution >= 4 is 5.91 Å². The van der Waals surface area contributed by atoms with E-state index in [0.717, 1.165) is 12.2 Å². The van der Waals surface area contributed by atoms with E-state index in [1.165, 1.54) is 29.8 Å². The van der Waals surface area contributed by atoms with Gasteiger partial charge in [-0.15, -0.1) is 0 Å². The molecule has 0 saturated heterocycles. The van der Waals surface area contributed by atoms with Crippen LogP contribution in [0.4, 0.5) is 4.39 Å². The highest BCUT2D eigenvalue weighted by Gasteiger charge is 2.04. The summed E-state index contributed by atoms with van der Waals surface area (Å²) < 4.78 is 18.3. The molecule has 0 bridgehead atoms. The quantitative estimate of drug-likeness (QED) is 0.829. The first kappa shape index (κ1) is 15.0. The molecule has 110 valence electrons. The van der Waals surface area contributed by atoms with E-state index < -0.39 is 0 Å². The van der Waals surface area contributed by atoms with Gasteiger partial charge in [-0.1, -0.05) is 19.1 Å². The van der Waals surface area contributed by atoms with Crippen LogP contribution in [0.2, 0.25) is 0 Å². The minimum Gasteiger partial charge on any atom is -0.492 e. The van der Waals surface area contributed by atoms with E-state index in [0.29, 0.717) is 18.7 Å². The number of nitrogens with one attached hydrogen (secondary N) is 1. The van der Waals surface area contributed by atoms with E-state index in [2.05, 4.69) is 12.2 Å². The summed E-state index contributed by atoms with van der Waals surface area (Å²) >= 11 is 0. The molecule has 0 fully saturated rings. The molecule has 0 aromatic heterocycles. The molecule has 0 aliphatic heterocycles. The molecule has 0 spiro atoms. The molecular formula is C17H18FNO2. The van der Waals surface area contributed by atoms with Crippen LogP contribution in [0.3, 0.4) is 0 Å². The van der Waals surface area contributed by atoms with E-state index in [1.54, 1.807) is 0 Å². The largest absolute Gasteiger partial charge is 0.492 e. The number of carbonyl (C=O) groups excluding carboxylic acids is 1. The Bertz CT molecular complexity index is 579. The van der Waals surface area contributed by atoms with Crippen LogP contribution in [0.5, 0.6) is 5.75 Å². The van der Waals surface area contributed by atoms with Gasteiger partial charge >= 0.3 is 0 Å². The van der Waals surface area contributed by atoms with Crippen molar-refractivity contribution in [2.75, 3.05) is 13.2 Å². The van der Waals surface area contributed by atoms with E-state index >= 15 is 0 Å². The van der Waals surface area contributed by atoms with E-state index in [1.807, 2.05) is 24.3 Å². The van der Waals surface area contributed by atoms with Gasteiger partial charge in [0.15, 0.2) is 0 Å². The Kier molecular flexibility index (Phi) is 5.32. The maximum Gasteiger partial charge on any atom is 0.251 e. The Morgan fingerprint density at radius 3 is 2.38 bits per heavy atom. The van der Waals surface area contributed by atoms with Gasteiger partial charge in [-0.25, -0.2) is 4.39 Å². The second-order valence-corrected chi connectivity index (χ2v) is 4.61. The van der Waals surface area contributed by atoms with Crippen LogP contribution < -0.4 is 10.1 Å². The molecule has 1 N–H and O–H groups in total. The van der Waals surface area contributed by atoms with Crippen molar-refractivity contribution in [3.63, 3.8) is 0 Å². The second kappa shape index (κ2) is 7.43. The molecule has 2 aromatic rings. The zero-order chi connectivity index (χ0) is 15.1. The van der Waals surface area contributed by atoms with Crippen LogP contribution in [0, 0.1) is 5.82 Å². The molecule has 0 aliphatic rings. The first-order valence-electron chi connectivity index (χ1n) is 6.94. The molecule has 0 radical (unpaired) electrons. The highest BCUT2D eigenvalue weighted by molar-refractivity contribution is 5.94. The molecule has 4 heteroatoms. The second-order valence-electron chi connectivity index (χ2n) is 4.61. The van der Waals surface area contributed by atoms with Crippen LogP contribution in [-0.4, -0.2) is 19.1 Å². The summed E-state index contributed by atoms with van der Waals surface area (Å²) in [4.78, 5) is 11.8. The first-order valence-corrected chi connectivity index (χ1v) is 6.94. The van der Waals surface area contributed by atoms with E-state index in [-0.39, 0.29) is 11.7 Å². The number of hydrogen-bond acceptors (Lipinski definition) is 2. The average Bonchev–Trinajstić information content (AvgIpc) is 2.52. The van der Waals surface area contributed by atoms with Crippen LogP contribution >= 0.6 is 0 Å². The lowest BCUT2D eigenvalue weighted by Gasteiger charge is -2.08. The van der Waals surface area contributed by atoms with E-state index in [9.17, 15) is 9.18 Å². The van der Waals surface area contributed by atoms with Gasteiger partial charge in [0, 0.05) is 5.56 Å². The number of rotatable bonds is 6. The fraction of sp³-hybridized carbons (Fsp3) is 0.235. The van der Waals surface area contributed by atoms with Gasteiger partial charge in [-0.2, -0.15) is 0 Å². The zero-order valence-corrected chi connectivity index (χ0v) is 11.9. The Labute approximate surface area is 123 Å². The number of carbonyl (C=O) groups is 1. The van der Waals surface area contributed by atoms with Crippen molar-refractivity contribution in [2.24, 2.45) is 0 Å². The molecule has 3 nitrogen and oxygen atoms in total. The molecule has 0 saturated carbocycles. The zero-order valence-electron chi connectivity index (χ0n) is 11.9. The van der Waals surface area contributed by atoms with Gasteiger partial charge < -0.3 is 10.1 Å². The van der Waals surface area contributed by atoms with Crippen LogP contribution in [0.25, 0.3) is 0 Å². The van der Waals surface area contributed by atoms with Gasteiger partial charge in [0.1, 0.15) is 18.2 Å². The molecule has 21 heavy (non-hydrogen) atoms. The summed E-state index contributed by atoms with van der Waals surface area (Å²) in [6.45, 7) is 2.88. The standard InChI is InChI=1S/C17H18FNO2/c1-2-13-3-9-16(10-4-13)21-12-11-19-17(20)14-5-7-15(18)8-6-14/h3-10H,2,11-12H2,1H3,(H,19,20). The topological polar surface area (TPSA) is 38.3 Å². The summed E-state index contributed by atoms with van der Waals surface area (Å²) in [5.74, 6) is 0.188. The van der Waals surface area contributed by atoms with Gasteiger partial charge in [0.25, 0.3) is 5.91 Å². The summed E-state index contributed by atoms with van der Waals surface area (Å²) in [7, 11) is 0. The molecule has 0 atom stereocenters. The van der Waals surface area contributed by atoms with Gasteiger partial charge in [-0.3, -0.25) is 4.79 Å². The molecule has 1 amide bonds. The molecule has 2 aromatic carbocycles. The Morgan fingerprint density at radius 1 is 1.10 bits per heavy atom. The lowest BCUT2D eigenvalue weighted by molar-refractivity contribution is 0.0947. The Morgan fingerprint density at radius 2 is 1.76 bits per heavy atom.